The molecule has 0 bridgehead atoms. The summed E-state index contributed by atoms with van der Waals surface area (Å²) in [6.45, 7) is 2.26. The van der Waals surface area contributed by atoms with Gasteiger partial charge in [0.25, 0.3) is 0 Å². The minimum absolute atomic E-state index is 0.481. The number of aldehydes is 1. The van der Waals surface area contributed by atoms with E-state index in [1.54, 1.807) is 12.4 Å². The van der Waals surface area contributed by atoms with E-state index in [1.165, 1.54) is 0 Å². The van der Waals surface area contributed by atoms with Crippen LogP contribution in [0.5, 0.6) is 0 Å². The van der Waals surface area contributed by atoms with Gasteiger partial charge in [-0.05, 0) is 12.1 Å². The highest BCUT2D eigenvalue weighted by atomic mass is 35.5. The molecule has 2 aromatic rings. The average Bonchev–Trinajstić information content (AvgIpc) is 2.85. The lowest BCUT2D eigenvalue weighted by Gasteiger charge is -2.30. The molecule has 0 unspecified atom stereocenters. The van der Waals surface area contributed by atoms with Gasteiger partial charge in [0, 0.05) is 18.8 Å². The molecule has 5 nitrogen and oxygen atoms in total. The van der Waals surface area contributed by atoms with Crippen LogP contribution in [0.2, 0.25) is 5.02 Å². The first kappa shape index (κ1) is 11.2. The number of benzene rings is 1. The summed E-state index contributed by atoms with van der Waals surface area (Å²) in [6, 6.07) is 5.48. The van der Waals surface area contributed by atoms with Gasteiger partial charge in [0.2, 0.25) is 0 Å². The number of nitrogens with zero attached hydrogens (tertiary/aromatic N) is 4. The van der Waals surface area contributed by atoms with Crippen molar-refractivity contribution < 1.29 is 4.79 Å². The summed E-state index contributed by atoms with van der Waals surface area (Å²) >= 11 is 6.04. The van der Waals surface area contributed by atoms with E-state index in [1.807, 2.05) is 16.7 Å². The number of aromatic nitrogens is 3. The lowest BCUT2D eigenvalue weighted by Crippen LogP contribution is -2.34. The number of hydrogen-bond acceptors (Lipinski definition) is 4. The molecule has 0 radical (unpaired) electrons. The molecular weight excluding hydrogens is 252 g/mol. The molecule has 0 saturated carbocycles. The van der Waals surface area contributed by atoms with Crippen LogP contribution in [-0.4, -0.2) is 27.6 Å². The third-order valence-electron chi connectivity index (χ3n) is 3.13. The van der Waals surface area contributed by atoms with E-state index in [9.17, 15) is 4.79 Å². The lowest BCUT2D eigenvalue weighted by molar-refractivity contribution is 0.112. The van der Waals surface area contributed by atoms with E-state index in [4.69, 9.17) is 11.6 Å². The smallest absolute Gasteiger partial charge is 0.153 e. The molecule has 0 saturated heterocycles. The Morgan fingerprint density at radius 2 is 2.22 bits per heavy atom. The summed E-state index contributed by atoms with van der Waals surface area (Å²) in [4.78, 5) is 13.2. The topological polar surface area (TPSA) is 51.0 Å². The van der Waals surface area contributed by atoms with Crippen molar-refractivity contribution in [3.8, 4) is 0 Å². The van der Waals surface area contributed by atoms with Gasteiger partial charge >= 0.3 is 0 Å². The monoisotopic (exact) mass is 262 g/mol. The summed E-state index contributed by atoms with van der Waals surface area (Å²) in [6.07, 6.45) is 2.53. The van der Waals surface area contributed by atoms with Crippen LogP contribution in [0.3, 0.4) is 0 Å². The second kappa shape index (κ2) is 4.42. The summed E-state index contributed by atoms with van der Waals surface area (Å²) in [5.74, 6) is 0.901. The molecule has 0 fully saturated rings. The highest BCUT2D eigenvalue weighted by Gasteiger charge is 2.20. The van der Waals surface area contributed by atoms with Gasteiger partial charge in [-0.3, -0.25) is 4.79 Å². The zero-order valence-electron chi connectivity index (χ0n) is 9.58. The minimum atomic E-state index is 0.481. The fourth-order valence-electron chi connectivity index (χ4n) is 2.19. The van der Waals surface area contributed by atoms with Gasteiger partial charge in [-0.15, -0.1) is 10.2 Å². The van der Waals surface area contributed by atoms with Crippen molar-refractivity contribution in [3.63, 3.8) is 0 Å². The Morgan fingerprint density at radius 3 is 3.06 bits per heavy atom. The average molecular weight is 263 g/mol. The molecule has 0 N–H and O–H groups in total. The molecule has 0 amide bonds. The van der Waals surface area contributed by atoms with Crippen molar-refractivity contribution in [2.24, 2.45) is 0 Å². The predicted octanol–water partition coefficient (Wildman–Crippen LogP) is 1.76. The molecule has 0 aliphatic carbocycles. The van der Waals surface area contributed by atoms with Crippen molar-refractivity contribution in [1.82, 2.24) is 14.8 Å². The van der Waals surface area contributed by atoms with E-state index in [2.05, 4.69) is 15.1 Å². The number of fused-ring (bicyclic) bond motifs is 1. The van der Waals surface area contributed by atoms with Gasteiger partial charge in [0.1, 0.15) is 6.33 Å². The number of halogens is 1. The van der Waals surface area contributed by atoms with Crippen molar-refractivity contribution in [2.75, 3.05) is 11.4 Å². The number of hydrogen-bond donors (Lipinski definition) is 0. The summed E-state index contributed by atoms with van der Waals surface area (Å²) < 4.78 is 2.02. The van der Waals surface area contributed by atoms with E-state index in [0.717, 1.165) is 30.9 Å². The molecule has 92 valence electrons. The molecule has 1 aromatic carbocycles. The zero-order valence-corrected chi connectivity index (χ0v) is 10.3. The maximum Gasteiger partial charge on any atom is 0.153 e. The Labute approximate surface area is 109 Å². The Morgan fingerprint density at radius 1 is 1.33 bits per heavy atom. The van der Waals surface area contributed by atoms with Crippen LogP contribution in [0.1, 0.15) is 16.2 Å². The summed E-state index contributed by atoms with van der Waals surface area (Å²) in [5, 5.41) is 8.42. The molecule has 6 heteroatoms. The molecule has 1 aliphatic rings. The molecule has 18 heavy (non-hydrogen) atoms. The largest absolute Gasteiger partial charge is 0.362 e. The van der Waals surface area contributed by atoms with Crippen LogP contribution in [0, 0.1) is 0 Å². The van der Waals surface area contributed by atoms with Crippen LogP contribution >= 0.6 is 11.6 Å². The van der Waals surface area contributed by atoms with E-state index < -0.39 is 0 Å². The highest BCUT2D eigenvalue weighted by molar-refractivity contribution is 6.33. The number of carbonyl (C=O) groups excluding carboxylic acids is 1. The van der Waals surface area contributed by atoms with Crippen molar-refractivity contribution >= 4 is 23.6 Å². The molecule has 1 aliphatic heterocycles. The number of rotatable bonds is 2. The van der Waals surface area contributed by atoms with Crippen LogP contribution < -0.4 is 4.90 Å². The maximum atomic E-state index is 11.1. The normalized spacial score (nSPS) is 14.4. The number of anilines is 1. The minimum Gasteiger partial charge on any atom is -0.362 e. The van der Waals surface area contributed by atoms with E-state index in [0.29, 0.717) is 17.1 Å². The Balaban J connectivity index is 1.98. The molecular formula is C12H11ClN4O. The fourth-order valence-corrected chi connectivity index (χ4v) is 2.40. The van der Waals surface area contributed by atoms with Gasteiger partial charge in [-0.2, -0.15) is 0 Å². The molecule has 3 rings (SSSR count). The van der Waals surface area contributed by atoms with Crippen LogP contribution in [0.25, 0.3) is 0 Å². The molecule has 0 atom stereocenters. The van der Waals surface area contributed by atoms with Gasteiger partial charge in [-0.25, -0.2) is 0 Å². The molecule has 2 heterocycles. The number of carbonyl (C=O) groups is 1. The second-order valence-corrected chi connectivity index (χ2v) is 4.56. The Hall–Kier alpha value is -1.88. The first-order chi connectivity index (χ1) is 8.79. The highest BCUT2D eigenvalue weighted by Crippen LogP contribution is 2.28. The zero-order chi connectivity index (χ0) is 12.5. The quantitative estimate of drug-likeness (QED) is 0.774. The first-order valence-corrected chi connectivity index (χ1v) is 6.02. The Kier molecular flexibility index (Phi) is 2.76. The molecule has 1 aromatic heterocycles. The maximum absolute atomic E-state index is 11.1. The van der Waals surface area contributed by atoms with Gasteiger partial charge in [-0.1, -0.05) is 17.7 Å². The third-order valence-corrected chi connectivity index (χ3v) is 3.46. The molecule has 0 spiro atoms. The van der Waals surface area contributed by atoms with Crippen molar-refractivity contribution in [2.45, 2.75) is 13.1 Å². The van der Waals surface area contributed by atoms with Crippen LogP contribution in [0.15, 0.2) is 24.5 Å². The summed E-state index contributed by atoms with van der Waals surface area (Å²) in [5.41, 5.74) is 1.39. The van der Waals surface area contributed by atoms with Gasteiger partial charge < -0.3 is 9.47 Å². The van der Waals surface area contributed by atoms with Gasteiger partial charge in [0.05, 0.1) is 17.1 Å². The van der Waals surface area contributed by atoms with E-state index in [-0.39, 0.29) is 0 Å². The standard InChI is InChI=1S/C12H11ClN4O/c13-10-2-1-3-11(9(10)7-18)16-4-5-17-8-14-15-12(17)6-16/h1-3,7-8H,4-6H2. The summed E-state index contributed by atoms with van der Waals surface area (Å²) in [7, 11) is 0. The van der Waals surface area contributed by atoms with Crippen LogP contribution in [-0.2, 0) is 13.1 Å². The predicted molar refractivity (Wildman–Crippen MR) is 67.9 cm³/mol. The Bertz CT molecular complexity index is 596. The van der Waals surface area contributed by atoms with Crippen molar-refractivity contribution in [3.05, 3.63) is 40.9 Å². The lowest BCUT2D eigenvalue weighted by atomic mass is 10.1. The van der Waals surface area contributed by atoms with Gasteiger partial charge in [0.15, 0.2) is 12.1 Å². The SMILES string of the molecule is O=Cc1c(Cl)cccc1N1CCn2cnnc2C1. The first-order valence-electron chi connectivity index (χ1n) is 5.65. The third kappa shape index (κ3) is 1.76. The second-order valence-electron chi connectivity index (χ2n) is 4.15. The van der Waals surface area contributed by atoms with Crippen molar-refractivity contribution in [1.29, 1.82) is 0 Å². The fraction of sp³-hybridized carbons (Fsp3) is 0.250. The van der Waals surface area contributed by atoms with Crippen LogP contribution in [0.4, 0.5) is 5.69 Å². The van der Waals surface area contributed by atoms with E-state index >= 15 is 0 Å².